The van der Waals surface area contributed by atoms with E-state index in [4.69, 9.17) is 16.3 Å². The number of ether oxygens (including phenoxy) is 1. The van der Waals surface area contributed by atoms with Crippen molar-refractivity contribution in [3.8, 4) is 5.75 Å². The summed E-state index contributed by atoms with van der Waals surface area (Å²) in [6.07, 6.45) is 0.109. The Labute approximate surface area is 176 Å². The summed E-state index contributed by atoms with van der Waals surface area (Å²) in [7, 11) is 0. The van der Waals surface area contributed by atoms with E-state index in [1.807, 2.05) is 6.92 Å². The number of thioether (sulfide) groups is 1. The van der Waals surface area contributed by atoms with Gasteiger partial charge < -0.3 is 9.84 Å². The van der Waals surface area contributed by atoms with E-state index >= 15 is 0 Å². The number of amides is 1. The third-order valence-electron chi connectivity index (χ3n) is 5.43. The molecule has 152 valence electrons. The molecule has 2 aliphatic heterocycles. The summed E-state index contributed by atoms with van der Waals surface area (Å²) in [5.74, 6) is -1.09. The summed E-state index contributed by atoms with van der Waals surface area (Å²) in [5, 5.41) is 8.08. The van der Waals surface area contributed by atoms with Crippen molar-refractivity contribution in [2.45, 2.75) is 41.3 Å². The van der Waals surface area contributed by atoms with Crippen molar-refractivity contribution < 1.29 is 23.8 Å². The highest BCUT2D eigenvalue weighted by Gasteiger charge is 2.64. The van der Waals surface area contributed by atoms with Crippen molar-refractivity contribution in [3.63, 3.8) is 0 Å². The van der Waals surface area contributed by atoms with Gasteiger partial charge in [-0.25, -0.2) is 4.39 Å². The predicted octanol–water partition coefficient (Wildman–Crippen LogP) is 4.33. The normalized spacial score (nSPS) is 25.5. The topological polar surface area (TPSA) is 66.8 Å². The summed E-state index contributed by atoms with van der Waals surface area (Å²) in [5.41, 5.74) is 0.807. The zero-order chi connectivity index (χ0) is 20.9. The molecule has 2 aromatic rings. The van der Waals surface area contributed by atoms with Gasteiger partial charge in [-0.15, -0.1) is 23.4 Å². The van der Waals surface area contributed by atoms with Gasteiger partial charge in [0.15, 0.2) is 0 Å². The number of halogens is 2. The smallest absolute Gasteiger partial charge is 0.317 e. The maximum absolute atomic E-state index is 13.7. The van der Waals surface area contributed by atoms with Gasteiger partial charge >= 0.3 is 5.97 Å². The molecule has 1 amide bonds. The van der Waals surface area contributed by atoms with E-state index < -0.39 is 28.0 Å². The van der Waals surface area contributed by atoms with Crippen LogP contribution in [-0.4, -0.2) is 34.2 Å². The average molecular weight is 436 g/mol. The van der Waals surface area contributed by atoms with Gasteiger partial charge in [-0.2, -0.15) is 0 Å². The van der Waals surface area contributed by atoms with Crippen molar-refractivity contribution in [3.05, 3.63) is 53.3 Å². The van der Waals surface area contributed by atoms with Crippen molar-refractivity contribution in [2.24, 2.45) is 0 Å². The minimum absolute atomic E-state index is 0.109. The molecule has 29 heavy (non-hydrogen) atoms. The standard InChI is InChI=1S/C21H19ClFNO4S/c1-3-28-13-5-7-15-16(9-13)29-17(20(26)27)10-21(18(22)19(25)24(15)21)14-6-4-12(23)8-11(14)2/h4-9,17-18H,3,10H2,1-2H3,(H,26,27). The molecule has 0 bridgehead atoms. The lowest BCUT2D eigenvalue weighted by Crippen LogP contribution is -2.71. The minimum atomic E-state index is -1.06. The molecule has 2 aliphatic rings. The van der Waals surface area contributed by atoms with Gasteiger partial charge in [0.1, 0.15) is 27.7 Å². The molecule has 8 heteroatoms. The number of rotatable bonds is 4. The molecule has 2 heterocycles. The molecule has 0 saturated carbocycles. The van der Waals surface area contributed by atoms with E-state index in [1.165, 1.54) is 23.9 Å². The zero-order valence-corrected chi connectivity index (χ0v) is 17.4. The van der Waals surface area contributed by atoms with Gasteiger partial charge in [-0.1, -0.05) is 6.07 Å². The largest absolute Gasteiger partial charge is 0.494 e. The molecule has 0 aliphatic carbocycles. The number of alkyl halides is 1. The molecule has 1 saturated heterocycles. The van der Waals surface area contributed by atoms with Crippen LogP contribution in [0.5, 0.6) is 5.75 Å². The molecule has 2 aromatic carbocycles. The molecule has 1 fully saturated rings. The Balaban J connectivity index is 1.94. The van der Waals surface area contributed by atoms with Crippen LogP contribution in [0.3, 0.4) is 0 Å². The molecule has 3 atom stereocenters. The van der Waals surface area contributed by atoms with Crippen molar-refractivity contribution >= 4 is 40.9 Å². The number of carboxylic acid groups (broad SMARTS) is 1. The molecule has 1 N–H and O–H groups in total. The molecule has 0 radical (unpaired) electrons. The summed E-state index contributed by atoms with van der Waals surface area (Å²) in [6, 6.07) is 9.55. The van der Waals surface area contributed by atoms with Crippen LogP contribution in [0.25, 0.3) is 0 Å². The number of fused-ring (bicyclic) bond motifs is 3. The van der Waals surface area contributed by atoms with Gasteiger partial charge in [0.05, 0.1) is 12.3 Å². The molecular weight excluding hydrogens is 417 g/mol. The predicted molar refractivity (Wildman–Crippen MR) is 109 cm³/mol. The number of carboxylic acids is 1. The summed E-state index contributed by atoms with van der Waals surface area (Å²) in [4.78, 5) is 27.1. The quantitative estimate of drug-likeness (QED) is 0.572. The van der Waals surface area contributed by atoms with Crippen molar-refractivity contribution in [2.75, 3.05) is 11.5 Å². The lowest BCUT2D eigenvalue weighted by Gasteiger charge is -2.56. The number of aryl methyl sites for hydroxylation is 1. The number of aliphatic carboxylic acids is 1. The number of anilines is 1. The monoisotopic (exact) mass is 435 g/mol. The highest BCUT2D eigenvalue weighted by molar-refractivity contribution is 8.00. The molecule has 4 rings (SSSR count). The summed E-state index contributed by atoms with van der Waals surface area (Å²) < 4.78 is 19.3. The van der Waals surface area contributed by atoms with Gasteiger partial charge in [0.25, 0.3) is 0 Å². The number of β-lactam (4-membered cyclic amide) rings is 1. The van der Waals surface area contributed by atoms with Crippen LogP contribution >= 0.6 is 23.4 Å². The number of carbonyl (C=O) groups excluding carboxylic acids is 1. The molecular formula is C21H19ClFNO4S. The fraction of sp³-hybridized carbons (Fsp3) is 0.333. The first-order chi connectivity index (χ1) is 13.8. The molecule has 0 spiro atoms. The van der Waals surface area contributed by atoms with Gasteiger partial charge in [-0.05, 0) is 55.3 Å². The summed E-state index contributed by atoms with van der Waals surface area (Å²) in [6.45, 7) is 4.07. The second-order valence-corrected chi connectivity index (χ2v) is 8.81. The Morgan fingerprint density at radius 2 is 2.14 bits per heavy atom. The number of benzene rings is 2. The Morgan fingerprint density at radius 1 is 1.38 bits per heavy atom. The van der Waals surface area contributed by atoms with Gasteiger partial charge in [0.2, 0.25) is 5.91 Å². The molecule has 5 nitrogen and oxygen atoms in total. The third-order valence-corrected chi connectivity index (χ3v) is 7.22. The maximum atomic E-state index is 13.7. The third kappa shape index (κ3) is 2.99. The molecule has 0 aromatic heterocycles. The van der Waals surface area contributed by atoms with Gasteiger partial charge in [-0.3, -0.25) is 14.5 Å². The first-order valence-electron chi connectivity index (χ1n) is 9.20. The maximum Gasteiger partial charge on any atom is 0.317 e. The van der Waals surface area contributed by atoms with Crippen LogP contribution in [0.1, 0.15) is 24.5 Å². The Kier molecular flexibility index (Phi) is 4.99. The number of nitrogens with zero attached hydrogens (tertiary/aromatic N) is 1. The van der Waals surface area contributed by atoms with Gasteiger partial charge in [0, 0.05) is 11.3 Å². The number of carbonyl (C=O) groups is 2. The van der Waals surface area contributed by atoms with E-state index in [0.29, 0.717) is 34.1 Å². The lowest BCUT2D eigenvalue weighted by atomic mass is 9.71. The van der Waals surface area contributed by atoms with Crippen molar-refractivity contribution in [1.82, 2.24) is 0 Å². The summed E-state index contributed by atoms with van der Waals surface area (Å²) >= 11 is 7.73. The first kappa shape index (κ1) is 20.0. The SMILES string of the molecule is CCOc1ccc2c(c1)SC(C(=O)O)CC1(c3ccc(F)cc3C)C(Cl)C(=O)N21. The van der Waals surface area contributed by atoms with Crippen LogP contribution in [0.15, 0.2) is 41.3 Å². The first-order valence-corrected chi connectivity index (χ1v) is 10.5. The van der Waals surface area contributed by atoms with Crippen molar-refractivity contribution in [1.29, 1.82) is 0 Å². The second-order valence-electron chi connectivity index (χ2n) is 7.13. The lowest BCUT2D eigenvalue weighted by molar-refractivity contribution is -0.138. The Hall–Kier alpha value is -2.25. The van der Waals surface area contributed by atoms with Crippen LogP contribution < -0.4 is 9.64 Å². The fourth-order valence-electron chi connectivity index (χ4n) is 4.21. The van der Waals surface area contributed by atoms with E-state index in [2.05, 4.69) is 0 Å². The minimum Gasteiger partial charge on any atom is -0.494 e. The number of hydrogen-bond acceptors (Lipinski definition) is 4. The van der Waals surface area contributed by atoms with Crippen LogP contribution in [0.2, 0.25) is 0 Å². The highest BCUT2D eigenvalue weighted by Crippen LogP contribution is 2.57. The van der Waals surface area contributed by atoms with E-state index in [-0.39, 0.29) is 12.3 Å². The second kappa shape index (κ2) is 7.22. The highest BCUT2D eigenvalue weighted by atomic mass is 35.5. The van der Waals surface area contributed by atoms with E-state index in [0.717, 1.165) is 0 Å². The molecule has 3 unspecified atom stereocenters. The van der Waals surface area contributed by atoms with E-state index in [9.17, 15) is 19.1 Å². The Morgan fingerprint density at radius 3 is 2.79 bits per heavy atom. The average Bonchev–Trinajstić information content (AvgIpc) is 2.81. The zero-order valence-electron chi connectivity index (χ0n) is 15.8. The van der Waals surface area contributed by atoms with Crippen LogP contribution in [0.4, 0.5) is 10.1 Å². The van der Waals surface area contributed by atoms with Crippen LogP contribution in [-0.2, 0) is 15.1 Å². The Bertz CT molecular complexity index is 1020. The van der Waals surface area contributed by atoms with Crippen LogP contribution in [0, 0.1) is 12.7 Å². The van der Waals surface area contributed by atoms with E-state index in [1.54, 1.807) is 36.1 Å². The fourth-order valence-corrected chi connectivity index (χ4v) is 5.83. The number of hydrogen-bond donors (Lipinski definition) is 1.